The van der Waals surface area contributed by atoms with E-state index < -0.39 is 10.0 Å². The van der Waals surface area contributed by atoms with Crippen molar-refractivity contribution in [1.82, 2.24) is 0 Å². The van der Waals surface area contributed by atoms with Gasteiger partial charge in [0.15, 0.2) is 0 Å². The van der Waals surface area contributed by atoms with Crippen molar-refractivity contribution in [2.24, 2.45) is 5.73 Å². The van der Waals surface area contributed by atoms with Gasteiger partial charge in [-0.05, 0) is 71.1 Å². The zero-order chi connectivity index (χ0) is 15.3. The standard InChI is InChI=1S/C14H15IN2O3S/c15-11-1-3-12(4-2-11)17-21(18,19)14-7-5-13(6-8-14)20-10-9-16/h1-8,17H,9-10,16H2. The monoisotopic (exact) mass is 418 g/mol. The average Bonchev–Trinajstić information content (AvgIpc) is 2.48. The van der Waals surface area contributed by atoms with Crippen LogP contribution in [0, 0.1) is 3.57 Å². The summed E-state index contributed by atoms with van der Waals surface area (Å²) in [4.78, 5) is 0.182. The molecular weight excluding hydrogens is 403 g/mol. The molecule has 0 atom stereocenters. The highest BCUT2D eigenvalue weighted by atomic mass is 127. The third-order valence-corrected chi connectivity index (χ3v) is 4.73. The van der Waals surface area contributed by atoms with Crippen molar-refractivity contribution in [1.29, 1.82) is 0 Å². The van der Waals surface area contributed by atoms with Gasteiger partial charge in [-0.25, -0.2) is 8.42 Å². The Labute approximate surface area is 137 Å². The van der Waals surface area contributed by atoms with Crippen LogP contribution in [0.1, 0.15) is 0 Å². The fraction of sp³-hybridized carbons (Fsp3) is 0.143. The van der Waals surface area contributed by atoms with E-state index in [1.54, 1.807) is 24.3 Å². The maximum atomic E-state index is 12.2. The topological polar surface area (TPSA) is 81.4 Å². The van der Waals surface area contributed by atoms with Crippen LogP contribution < -0.4 is 15.2 Å². The van der Waals surface area contributed by atoms with Crippen LogP contribution in [0.3, 0.4) is 0 Å². The zero-order valence-electron chi connectivity index (χ0n) is 11.1. The van der Waals surface area contributed by atoms with Crippen molar-refractivity contribution in [2.75, 3.05) is 17.9 Å². The van der Waals surface area contributed by atoms with Gasteiger partial charge in [-0.1, -0.05) is 0 Å². The summed E-state index contributed by atoms with van der Waals surface area (Å²) in [5.41, 5.74) is 5.87. The highest BCUT2D eigenvalue weighted by Crippen LogP contribution is 2.19. The highest BCUT2D eigenvalue weighted by Gasteiger charge is 2.14. The molecule has 0 saturated heterocycles. The van der Waals surface area contributed by atoms with Crippen molar-refractivity contribution in [3.8, 4) is 5.75 Å². The van der Waals surface area contributed by atoms with Crippen LogP contribution in [-0.2, 0) is 10.0 Å². The average molecular weight is 418 g/mol. The van der Waals surface area contributed by atoms with E-state index >= 15 is 0 Å². The summed E-state index contributed by atoms with van der Waals surface area (Å²) in [6.07, 6.45) is 0. The Morgan fingerprint density at radius 1 is 1.05 bits per heavy atom. The number of rotatable bonds is 6. The molecule has 7 heteroatoms. The number of hydrogen-bond donors (Lipinski definition) is 2. The molecule has 2 rings (SSSR count). The molecule has 2 aromatic rings. The maximum Gasteiger partial charge on any atom is 0.261 e. The number of nitrogens with one attached hydrogen (secondary N) is 1. The number of hydrogen-bond acceptors (Lipinski definition) is 4. The maximum absolute atomic E-state index is 12.2. The first kappa shape index (κ1) is 16.1. The molecule has 0 heterocycles. The van der Waals surface area contributed by atoms with Crippen LogP contribution in [0.2, 0.25) is 0 Å². The Balaban J connectivity index is 2.13. The molecule has 2 aromatic carbocycles. The predicted octanol–water partition coefficient (Wildman–Crippen LogP) is 2.43. The van der Waals surface area contributed by atoms with Gasteiger partial charge in [0.25, 0.3) is 10.0 Å². The van der Waals surface area contributed by atoms with Gasteiger partial charge < -0.3 is 10.5 Å². The first-order valence-electron chi connectivity index (χ1n) is 6.22. The molecule has 0 aliphatic rings. The van der Waals surface area contributed by atoms with Crippen molar-refractivity contribution in [3.63, 3.8) is 0 Å². The second-order valence-corrected chi connectivity index (χ2v) is 7.15. The fourth-order valence-corrected chi connectivity index (χ4v) is 3.04. The van der Waals surface area contributed by atoms with Gasteiger partial charge >= 0.3 is 0 Å². The smallest absolute Gasteiger partial charge is 0.261 e. The summed E-state index contributed by atoms with van der Waals surface area (Å²) in [5, 5.41) is 0. The highest BCUT2D eigenvalue weighted by molar-refractivity contribution is 14.1. The minimum atomic E-state index is -3.60. The van der Waals surface area contributed by atoms with Crippen LogP contribution >= 0.6 is 22.6 Å². The molecule has 0 aliphatic carbocycles. The van der Waals surface area contributed by atoms with Gasteiger partial charge in [0.2, 0.25) is 0 Å². The Bertz CT molecular complexity index is 685. The van der Waals surface area contributed by atoms with Gasteiger partial charge in [-0.3, -0.25) is 4.72 Å². The van der Waals surface area contributed by atoms with E-state index in [1.807, 2.05) is 12.1 Å². The van der Waals surface area contributed by atoms with Crippen molar-refractivity contribution in [3.05, 3.63) is 52.1 Å². The minimum Gasteiger partial charge on any atom is -0.492 e. The molecule has 0 bridgehead atoms. The minimum absolute atomic E-state index is 0.182. The molecule has 5 nitrogen and oxygen atoms in total. The van der Waals surface area contributed by atoms with Gasteiger partial charge in [0.05, 0.1) is 4.90 Å². The van der Waals surface area contributed by atoms with E-state index in [0.717, 1.165) is 3.57 Å². The normalized spacial score (nSPS) is 11.1. The quantitative estimate of drug-likeness (QED) is 0.707. The molecule has 0 unspecified atom stereocenters. The molecule has 0 spiro atoms. The van der Waals surface area contributed by atoms with E-state index in [2.05, 4.69) is 27.3 Å². The molecule has 0 aromatic heterocycles. The molecule has 0 amide bonds. The summed E-state index contributed by atoms with van der Waals surface area (Å²) >= 11 is 2.16. The second kappa shape index (κ2) is 7.10. The van der Waals surface area contributed by atoms with Gasteiger partial charge in [0, 0.05) is 15.8 Å². The SMILES string of the molecule is NCCOc1ccc(S(=O)(=O)Nc2ccc(I)cc2)cc1. The van der Waals surface area contributed by atoms with Crippen LogP contribution in [0.25, 0.3) is 0 Å². The molecule has 0 radical (unpaired) electrons. The van der Waals surface area contributed by atoms with Crippen molar-refractivity contribution in [2.45, 2.75) is 4.90 Å². The van der Waals surface area contributed by atoms with E-state index in [4.69, 9.17) is 10.5 Å². The Kier molecular flexibility index (Phi) is 5.43. The van der Waals surface area contributed by atoms with Gasteiger partial charge in [-0.15, -0.1) is 0 Å². The molecule has 0 saturated carbocycles. The molecule has 112 valence electrons. The number of halogens is 1. The molecule has 3 N–H and O–H groups in total. The molecule has 21 heavy (non-hydrogen) atoms. The largest absolute Gasteiger partial charge is 0.492 e. The van der Waals surface area contributed by atoms with E-state index in [1.165, 1.54) is 12.1 Å². The number of anilines is 1. The Morgan fingerprint density at radius 3 is 2.24 bits per heavy atom. The van der Waals surface area contributed by atoms with Crippen LogP contribution in [0.15, 0.2) is 53.4 Å². The fourth-order valence-electron chi connectivity index (χ4n) is 1.62. The third kappa shape index (κ3) is 4.58. The van der Waals surface area contributed by atoms with E-state index in [-0.39, 0.29) is 4.90 Å². The number of nitrogens with two attached hydrogens (primary N) is 1. The molecule has 0 aliphatic heterocycles. The van der Waals surface area contributed by atoms with E-state index in [0.29, 0.717) is 24.6 Å². The van der Waals surface area contributed by atoms with Crippen molar-refractivity contribution >= 4 is 38.3 Å². The first-order chi connectivity index (χ1) is 10.0. The number of ether oxygens (including phenoxy) is 1. The third-order valence-electron chi connectivity index (χ3n) is 2.62. The lowest BCUT2D eigenvalue weighted by atomic mass is 10.3. The van der Waals surface area contributed by atoms with Crippen molar-refractivity contribution < 1.29 is 13.2 Å². The van der Waals surface area contributed by atoms with E-state index in [9.17, 15) is 8.42 Å². The van der Waals surface area contributed by atoms with Crippen LogP contribution in [0.4, 0.5) is 5.69 Å². The summed E-state index contributed by atoms with van der Waals surface area (Å²) in [5.74, 6) is 0.591. The lowest BCUT2D eigenvalue weighted by Crippen LogP contribution is -2.13. The summed E-state index contributed by atoms with van der Waals surface area (Å²) in [6.45, 7) is 0.807. The second-order valence-electron chi connectivity index (χ2n) is 4.22. The van der Waals surface area contributed by atoms with Crippen LogP contribution in [-0.4, -0.2) is 21.6 Å². The van der Waals surface area contributed by atoms with Gasteiger partial charge in [-0.2, -0.15) is 0 Å². The molecular formula is C14H15IN2O3S. The van der Waals surface area contributed by atoms with Crippen LogP contribution in [0.5, 0.6) is 5.75 Å². The summed E-state index contributed by atoms with van der Waals surface area (Å²) in [6, 6.07) is 13.3. The number of sulfonamides is 1. The molecule has 0 fully saturated rings. The summed E-state index contributed by atoms with van der Waals surface area (Å²) < 4.78 is 33.4. The van der Waals surface area contributed by atoms with Gasteiger partial charge in [0.1, 0.15) is 12.4 Å². The lowest BCUT2D eigenvalue weighted by Gasteiger charge is -2.09. The predicted molar refractivity (Wildman–Crippen MR) is 91.0 cm³/mol. The Hall–Kier alpha value is -1.32. The first-order valence-corrected chi connectivity index (χ1v) is 8.79. The summed E-state index contributed by atoms with van der Waals surface area (Å²) in [7, 11) is -3.60. The zero-order valence-corrected chi connectivity index (χ0v) is 14.1. The lowest BCUT2D eigenvalue weighted by molar-refractivity contribution is 0.328. The Morgan fingerprint density at radius 2 is 1.67 bits per heavy atom. The number of benzene rings is 2.